The van der Waals surface area contributed by atoms with Gasteiger partial charge in [0.1, 0.15) is 6.61 Å². The normalized spacial score (nSPS) is 16.2. The minimum absolute atomic E-state index is 0.129. The molecule has 0 saturated carbocycles. The lowest BCUT2D eigenvalue weighted by atomic mass is 9.95. The SMILES string of the molecule is COc1cccc2c1OC[C@H](C(=O)N(C)CCCn1cccn1)C2. The molecule has 1 aliphatic rings. The van der Waals surface area contributed by atoms with Crippen molar-refractivity contribution in [3.05, 3.63) is 42.2 Å². The first kappa shape index (κ1) is 16.4. The molecule has 24 heavy (non-hydrogen) atoms. The number of ether oxygens (including phenoxy) is 2. The number of nitrogens with zero attached hydrogens (tertiary/aromatic N) is 3. The van der Waals surface area contributed by atoms with Crippen LogP contribution in [0.4, 0.5) is 0 Å². The molecule has 0 unspecified atom stereocenters. The average molecular weight is 329 g/mol. The van der Waals surface area contributed by atoms with Gasteiger partial charge in [-0.3, -0.25) is 9.48 Å². The van der Waals surface area contributed by atoms with Crippen molar-refractivity contribution in [2.75, 3.05) is 27.3 Å². The summed E-state index contributed by atoms with van der Waals surface area (Å²) in [5.74, 6) is 1.49. The molecular formula is C18H23N3O3. The fraction of sp³-hybridized carbons (Fsp3) is 0.444. The molecule has 0 N–H and O–H groups in total. The molecular weight excluding hydrogens is 306 g/mol. The molecule has 0 saturated heterocycles. The Labute approximate surface area is 142 Å². The van der Waals surface area contributed by atoms with Gasteiger partial charge in [-0.1, -0.05) is 12.1 Å². The Morgan fingerprint density at radius 3 is 3.08 bits per heavy atom. The molecule has 1 amide bonds. The van der Waals surface area contributed by atoms with Gasteiger partial charge in [-0.2, -0.15) is 5.10 Å². The summed E-state index contributed by atoms with van der Waals surface area (Å²) >= 11 is 0. The van der Waals surface area contributed by atoms with Gasteiger partial charge in [0, 0.05) is 32.5 Å². The maximum absolute atomic E-state index is 12.6. The quantitative estimate of drug-likeness (QED) is 0.813. The third-order valence-corrected chi connectivity index (χ3v) is 4.34. The predicted molar refractivity (Wildman–Crippen MR) is 90.2 cm³/mol. The van der Waals surface area contributed by atoms with Crippen LogP contribution in [0.2, 0.25) is 0 Å². The van der Waals surface area contributed by atoms with Crippen LogP contribution in [-0.2, 0) is 17.8 Å². The number of rotatable bonds is 6. The fourth-order valence-electron chi connectivity index (χ4n) is 3.04. The monoisotopic (exact) mass is 329 g/mol. The highest BCUT2D eigenvalue weighted by atomic mass is 16.5. The largest absolute Gasteiger partial charge is 0.493 e. The van der Waals surface area contributed by atoms with E-state index >= 15 is 0 Å². The molecule has 1 aromatic heterocycles. The van der Waals surface area contributed by atoms with Gasteiger partial charge in [-0.25, -0.2) is 0 Å². The van der Waals surface area contributed by atoms with Crippen molar-refractivity contribution < 1.29 is 14.3 Å². The van der Waals surface area contributed by atoms with Gasteiger partial charge in [0.15, 0.2) is 11.5 Å². The predicted octanol–water partition coefficient (Wildman–Crippen LogP) is 1.99. The van der Waals surface area contributed by atoms with Gasteiger partial charge in [0.25, 0.3) is 0 Å². The number of carbonyl (C=O) groups excluding carboxylic acids is 1. The maximum Gasteiger partial charge on any atom is 0.229 e. The van der Waals surface area contributed by atoms with Crippen LogP contribution in [-0.4, -0.2) is 47.9 Å². The number of aryl methyl sites for hydroxylation is 1. The standard InChI is InChI=1S/C18H23N3O3/c1-20(9-5-11-21-10-4-8-19-21)18(22)15-12-14-6-3-7-16(23-2)17(14)24-13-15/h3-4,6-8,10,15H,5,9,11-13H2,1-2H3/t15-/m1/s1. The molecule has 2 aromatic rings. The molecule has 6 heteroatoms. The summed E-state index contributed by atoms with van der Waals surface area (Å²) in [6.45, 7) is 1.92. The van der Waals surface area contributed by atoms with Crippen LogP contribution in [0, 0.1) is 5.92 Å². The van der Waals surface area contributed by atoms with Gasteiger partial charge in [-0.05, 0) is 30.5 Å². The number of aromatic nitrogens is 2. The number of hydrogen-bond donors (Lipinski definition) is 0. The fourth-order valence-corrected chi connectivity index (χ4v) is 3.04. The summed E-state index contributed by atoms with van der Waals surface area (Å²) in [4.78, 5) is 14.4. The van der Waals surface area contributed by atoms with Crippen molar-refractivity contribution in [2.45, 2.75) is 19.4 Å². The molecule has 0 fully saturated rings. The number of methoxy groups -OCH3 is 1. The molecule has 1 aliphatic heterocycles. The summed E-state index contributed by atoms with van der Waals surface area (Å²) in [6.07, 6.45) is 5.26. The van der Waals surface area contributed by atoms with E-state index < -0.39 is 0 Å². The highest BCUT2D eigenvalue weighted by molar-refractivity contribution is 5.79. The van der Waals surface area contributed by atoms with Crippen molar-refractivity contribution in [3.63, 3.8) is 0 Å². The van der Waals surface area contributed by atoms with E-state index in [0.717, 1.165) is 30.0 Å². The first-order valence-electron chi connectivity index (χ1n) is 8.20. The second-order valence-corrected chi connectivity index (χ2v) is 6.04. The van der Waals surface area contributed by atoms with E-state index in [2.05, 4.69) is 5.10 Å². The zero-order valence-corrected chi connectivity index (χ0v) is 14.1. The van der Waals surface area contributed by atoms with Crippen LogP contribution in [0.15, 0.2) is 36.7 Å². The number of amides is 1. The summed E-state index contributed by atoms with van der Waals surface area (Å²) in [6, 6.07) is 7.71. The molecule has 3 rings (SSSR count). The number of benzene rings is 1. The summed E-state index contributed by atoms with van der Waals surface area (Å²) in [7, 11) is 3.48. The van der Waals surface area contributed by atoms with E-state index in [4.69, 9.17) is 9.47 Å². The maximum atomic E-state index is 12.6. The van der Waals surface area contributed by atoms with E-state index in [-0.39, 0.29) is 11.8 Å². The van der Waals surface area contributed by atoms with Gasteiger partial charge in [-0.15, -0.1) is 0 Å². The highest BCUT2D eigenvalue weighted by Gasteiger charge is 2.29. The second kappa shape index (κ2) is 7.38. The van der Waals surface area contributed by atoms with Crippen LogP contribution in [0.5, 0.6) is 11.5 Å². The minimum Gasteiger partial charge on any atom is -0.493 e. The van der Waals surface area contributed by atoms with E-state index in [9.17, 15) is 4.79 Å². The van der Waals surface area contributed by atoms with Crippen molar-refractivity contribution in [3.8, 4) is 11.5 Å². The van der Waals surface area contributed by atoms with Crippen LogP contribution in [0.1, 0.15) is 12.0 Å². The number of para-hydroxylation sites is 1. The zero-order valence-electron chi connectivity index (χ0n) is 14.1. The molecule has 6 nitrogen and oxygen atoms in total. The Morgan fingerprint density at radius 2 is 2.33 bits per heavy atom. The molecule has 128 valence electrons. The number of hydrogen-bond acceptors (Lipinski definition) is 4. The van der Waals surface area contributed by atoms with E-state index in [1.54, 1.807) is 18.2 Å². The first-order valence-corrected chi connectivity index (χ1v) is 8.20. The summed E-state index contributed by atoms with van der Waals surface area (Å²) < 4.78 is 13.0. The Hall–Kier alpha value is -2.50. The van der Waals surface area contributed by atoms with E-state index in [1.165, 1.54) is 0 Å². The molecule has 0 bridgehead atoms. The Morgan fingerprint density at radius 1 is 1.46 bits per heavy atom. The van der Waals surface area contributed by atoms with Crippen molar-refractivity contribution >= 4 is 5.91 Å². The zero-order chi connectivity index (χ0) is 16.9. The second-order valence-electron chi connectivity index (χ2n) is 6.04. The van der Waals surface area contributed by atoms with Crippen LogP contribution >= 0.6 is 0 Å². The Balaban J connectivity index is 1.55. The summed E-state index contributed by atoms with van der Waals surface area (Å²) in [5.41, 5.74) is 1.03. The first-order chi connectivity index (χ1) is 11.7. The molecule has 0 spiro atoms. The molecule has 0 aliphatic carbocycles. The molecule has 1 aromatic carbocycles. The molecule has 1 atom stereocenters. The van der Waals surface area contributed by atoms with Gasteiger partial charge in [0.05, 0.1) is 13.0 Å². The van der Waals surface area contributed by atoms with E-state index in [0.29, 0.717) is 19.6 Å². The Kier molecular flexibility index (Phi) is 5.03. The van der Waals surface area contributed by atoms with Gasteiger partial charge in [0.2, 0.25) is 5.91 Å². The molecule has 2 heterocycles. The Bertz CT molecular complexity index is 685. The van der Waals surface area contributed by atoms with Crippen LogP contribution < -0.4 is 9.47 Å². The van der Waals surface area contributed by atoms with E-state index in [1.807, 2.05) is 42.2 Å². The van der Waals surface area contributed by atoms with Gasteiger partial charge >= 0.3 is 0 Å². The minimum atomic E-state index is -0.140. The average Bonchev–Trinajstić information content (AvgIpc) is 3.13. The van der Waals surface area contributed by atoms with Crippen LogP contribution in [0.25, 0.3) is 0 Å². The highest BCUT2D eigenvalue weighted by Crippen LogP contribution is 2.36. The third-order valence-electron chi connectivity index (χ3n) is 4.34. The van der Waals surface area contributed by atoms with Crippen molar-refractivity contribution in [2.24, 2.45) is 5.92 Å². The van der Waals surface area contributed by atoms with Crippen molar-refractivity contribution in [1.29, 1.82) is 0 Å². The number of fused-ring (bicyclic) bond motifs is 1. The van der Waals surface area contributed by atoms with Crippen LogP contribution in [0.3, 0.4) is 0 Å². The topological polar surface area (TPSA) is 56.6 Å². The third kappa shape index (κ3) is 3.53. The summed E-state index contributed by atoms with van der Waals surface area (Å²) in [5, 5.41) is 4.17. The smallest absolute Gasteiger partial charge is 0.229 e. The lowest BCUT2D eigenvalue weighted by Gasteiger charge is -2.29. The van der Waals surface area contributed by atoms with Crippen molar-refractivity contribution in [1.82, 2.24) is 14.7 Å². The van der Waals surface area contributed by atoms with Gasteiger partial charge < -0.3 is 14.4 Å². The molecule has 0 radical (unpaired) electrons. The lowest BCUT2D eigenvalue weighted by molar-refractivity contribution is -0.135. The number of carbonyl (C=O) groups is 1. The lowest BCUT2D eigenvalue weighted by Crippen LogP contribution is -2.39.